The summed E-state index contributed by atoms with van der Waals surface area (Å²) in [6.07, 6.45) is 3.72. The molecule has 1 saturated heterocycles. The van der Waals surface area contributed by atoms with Gasteiger partial charge in [0.15, 0.2) is 5.16 Å². The number of thioether (sulfide) groups is 1. The molecule has 0 saturated carbocycles. The number of morpholine rings is 1. The third-order valence-electron chi connectivity index (χ3n) is 4.66. The van der Waals surface area contributed by atoms with Gasteiger partial charge in [-0.2, -0.15) is 4.31 Å². The Labute approximate surface area is 180 Å². The zero-order valence-electron chi connectivity index (χ0n) is 16.4. The molecular formula is C21H23N3O4S2. The molecule has 7 nitrogen and oxygen atoms in total. The topological polar surface area (TPSA) is 73.7 Å². The number of benzene rings is 2. The minimum atomic E-state index is -3.48. The van der Waals surface area contributed by atoms with E-state index in [1.807, 2.05) is 41.1 Å². The lowest BCUT2D eigenvalue weighted by atomic mass is 10.3. The van der Waals surface area contributed by atoms with E-state index in [1.54, 1.807) is 42.2 Å². The second kappa shape index (κ2) is 9.65. The van der Waals surface area contributed by atoms with Gasteiger partial charge in [0.1, 0.15) is 5.75 Å². The minimum Gasteiger partial charge on any atom is -0.493 e. The molecule has 2 aromatic carbocycles. The summed E-state index contributed by atoms with van der Waals surface area (Å²) in [4.78, 5) is 4.68. The molecule has 0 amide bonds. The Morgan fingerprint density at radius 1 is 1.03 bits per heavy atom. The molecule has 30 heavy (non-hydrogen) atoms. The lowest BCUT2D eigenvalue weighted by Gasteiger charge is -2.26. The van der Waals surface area contributed by atoms with E-state index in [1.165, 1.54) is 4.31 Å². The van der Waals surface area contributed by atoms with Crippen molar-refractivity contribution in [2.75, 3.05) is 38.7 Å². The number of aromatic nitrogens is 2. The van der Waals surface area contributed by atoms with Gasteiger partial charge in [-0.05, 0) is 36.4 Å². The Balaban J connectivity index is 1.30. The van der Waals surface area contributed by atoms with Crippen LogP contribution in [0.1, 0.15) is 0 Å². The fraction of sp³-hybridized carbons (Fsp3) is 0.286. The van der Waals surface area contributed by atoms with Crippen LogP contribution in [0.3, 0.4) is 0 Å². The number of ether oxygens (including phenoxy) is 2. The van der Waals surface area contributed by atoms with Gasteiger partial charge in [0.05, 0.1) is 24.7 Å². The maximum absolute atomic E-state index is 12.7. The number of para-hydroxylation sites is 1. The number of hydrogen-bond donors (Lipinski definition) is 0. The molecule has 1 aliphatic heterocycles. The fourth-order valence-electron chi connectivity index (χ4n) is 3.12. The molecule has 0 spiro atoms. The Morgan fingerprint density at radius 3 is 2.50 bits per heavy atom. The summed E-state index contributed by atoms with van der Waals surface area (Å²) in [6.45, 7) is 2.12. The SMILES string of the molecule is O=S(=O)(c1ccc(OCCSc2nccn2-c2ccccc2)cc1)N1CCOCC1. The molecule has 0 aliphatic carbocycles. The van der Waals surface area contributed by atoms with Crippen LogP contribution in [-0.4, -0.2) is 60.9 Å². The third kappa shape index (κ3) is 4.86. The van der Waals surface area contributed by atoms with Crippen LogP contribution in [0.5, 0.6) is 5.75 Å². The van der Waals surface area contributed by atoms with Crippen LogP contribution in [0.4, 0.5) is 0 Å². The van der Waals surface area contributed by atoms with Gasteiger partial charge in [0.2, 0.25) is 10.0 Å². The van der Waals surface area contributed by atoms with E-state index < -0.39 is 10.0 Å². The van der Waals surface area contributed by atoms with Gasteiger partial charge in [-0.1, -0.05) is 30.0 Å². The first-order valence-electron chi connectivity index (χ1n) is 9.67. The van der Waals surface area contributed by atoms with Crippen molar-refractivity contribution in [2.24, 2.45) is 0 Å². The van der Waals surface area contributed by atoms with Gasteiger partial charge in [0, 0.05) is 36.9 Å². The van der Waals surface area contributed by atoms with Crippen molar-refractivity contribution in [1.82, 2.24) is 13.9 Å². The van der Waals surface area contributed by atoms with Crippen molar-refractivity contribution in [3.63, 3.8) is 0 Å². The first-order valence-corrected chi connectivity index (χ1v) is 12.1. The summed E-state index contributed by atoms with van der Waals surface area (Å²) < 4.78 is 39.8. The molecule has 1 fully saturated rings. The largest absolute Gasteiger partial charge is 0.493 e. The van der Waals surface area contributed by atoms with Gasteiger partial charge in [-0.3, -0.25) is 4.57 Å². The fourth-order valence-corrected chi connectivity index (χ4v) is 5.32. The average Bonchev–Trinajstić information content (AvgIpc) is 3.27. The molecule has 0 atom stereocenters. The summed E-state index contributed by atoms with van der Waals surface area (Å²) >= 11 is 1.61. The molecular weight excluding hydrogens is 422 g/mol. The Bertz CT molecular complexity index is 1050. The van der Waals surface area contributed by atoms with Crippen molar-refractivity contribution >= 4 is 21.8 Å². The van der Waals surface area contributed by atoms with Crippen LogP contribution in [0, 0.1) is 0 Å². The molecule has 1 aromatic heterocycles. The highest BCUT2D eigenvalue weighted by Crippen LogP contribution is 2.22. The van der Waals surface area contributed by atoms with E-state index in [0.717, 1.165) is 16.6 Å². The maximum Gasteiger partial charge on any atom is 0.243 e. The van der Waals surface area contributed by atoms with Crippen molar-refractivity contribution in [1.29, 1.82) is 0 Å². The van der Waals surface area contributed by atoms with Crippen LogP contribution in [0.2, 0.25) is 0 Å². The van der Waals surface area contributed by atoms with Crippen LogP contribution in [0.25, 0.3) is 5.69 Å². The molecule has 2 heterocycles. The van der Waals surface area contributed by atoms with Gasteiger partial charge in [-0.25, -0.2) is 13.4 Å². The van der Waals surface area contributed by atoms with Crippen LogP contribution in [-0.2, 0) is 14.8 Å². The van der Waals surface area contributed by atoms with Crippen molar-refractivity contribution < 1.29 is 17.9 Å². The third-order valence-corrected chi connectivity index (χ3v) is 7.50. The second-order valence-electron chi connectivity index (χ2n) is 6.60. The summed E-state index contributed by atoms with van der Waals surface area (Å²) in [7, 11) is -3.48. The molecule has 0 unspecified atom stereocenters. The Kier molecular flexibility index (Phi) is 6.73. The summed E-state index contributed by atoms with van der Waals surface area (Å²) in [5.74, 6) is 1.36. The molecule has 3 aromatic rings. The highest BCUT2D eigenvalue weighted by Gasteiger charge is 2.26. The first kappa shape index (κ1) is 20.9. The van der Waals surface area contributed by atoms with E-state index in [2.05, 4.69) is 4.98 Å². The standard InChI is InChI=1S/C21H23N3O4S2/c25-30(26,23-12-14-27-15-13-23)20-8-6-19(7-9-20)28-16-17-29-21-22-10-11-24(21)18-4-2-1-3-5-18/h1-11H,12-17H2. The normalized spacial score (nSPS) is 15.2. The Hall–Kier alpha value is -2.33. The summed E-state index contributed by atoms with van der Waals surface area (Å²) in [5.41, 5.74) is 1.07. The van der Waals surface area contributed by atoms with Gasteiger partial charge >= 0.3 is 0 Å². The molecule has 1 aliphatic rings. The highest BCUT2D eigenvalue weighted by molar-refractivity contribution is 7.99. The zero-order valence-corrected chi connectivity index (χ0v) is 18.0. The van der Waals surface area contributed by atoms with Gasteiger partial charge < -0.3 is 9.47 Å². The lowest BCUT2D eigenvalue weighted by molar-refractivity contribution is 0.0730. The molecule has 0 bridgehead atoms. The summed E-state index contributed by atoms with van der Waals surface area (Å²) in [5, 5.41) is 0.900. The molecule has 4 rings (SSSR count). The quantitative estimate of drug-likeness (QED) is 0.392. The number of rotatable bonds is 8. The molecule has 158 valence electrons. The molecule has 9 heteroatoms. The smallest absolute Gasteiger partial charge is 0.243 e. The number of nitrogens with zero attached hydrogens (tertiary/aromatic N) is 3. The predicted molar refractivity (Wildman–Crippen MR) is 116 cm³/mol. The predicted octanol–water partition coefficient (Wildman–Crippen LogP) is 3.06. The van der Waals surface area contributed by atoms with E-state index >= 15 is 0 Å². The van der Waals surface area contributed by atoms with E-state index in [4.69, 9.17) is 9.47 Å². The van der Waals surface area contributed by atoms with E-state index in [0.29, 0.717) is 38.7 Å². The average molecular weight is 446 g/mol. The van der Waals surface area contributed by atoms with Crippen molar-refractivity contribution in [3.05, 3.63) is 67.0 Å². The zero-order chi connectivity index (χ0) is 20.8. The van der Waals surface area contributed by atoms with Crippen molar-refractivity contribution in [2.45, 2.75) is 10.1 Å². The Morgan fingerprint density at radius 2 is 1.77 bits per heavy atom. The number of hydrogen-bond acceptors (Lipinski definition) is 6. The number of imidazole rings is 1. The highest BCUT2D eigenvalue weighted by atomic mass is 32.2. The maximum atomic E-state index is 12.7. The van der Waals surface area contributed by atoms with E-state index in [-0.39, 0.29) is 4.90 Å². The van der Waals surface area contributed by atoms with Crippen LogP contribution in [0.15, 0.2) is 77.0 Å². The molecule has 0 N–H and O–H groups in total. The number of sulfonamides is 1. The molecule has 0 radical (unpaired) electrons. The van der Waals surface area contributed by atoms with Crippen molar-refractivity contribution in [3.8, 4) is 11.4 Å². The minimum absolute atomic E-state index is 0.274. The lowest BCUT2D eigenvalue weighted by Crippen LogP contribution is -2.40. The van der Waals surface area contributed by atoms with Gasteiger partial charge in [0.25, 0.3) is 0 Å². The second-order valence-corrected chi connectivity index (χ2v) is 9.60. The van der Waals surface area contributed by atoms with E-state index in [9.17, 15) is 8.42 Å². The van der Waals surface area contributed by atoms with Crippen LogP contribution < -0.4 is 4.74 Å². The monoisotopic (exact) mass is 445 g/mol. The van der Waals surface area contributed by atoms with Gasteiger partial charge in [-0.15, -0.1) is 0 Å². The van der Waals surface area contributed by atoms with Crippen LogP contribution >= 0.6 is 11.8 Å². The summed E-state index contributed by atoms with van der Waals surface area (Å²) in [6, 6.07) is 16.6. The first-order chi connectivity index (χ1) is 14.6.